The lowest BCUT2D eigenvalue weighted by molar-refractivity contribution is 0.0940. The number of carbonyl (C=O) groups is 2. The van der Waals surface area contributed by atoms with Crippen molar-refractivity contribution in [3.05, 3.63) is 53.2 Å². The Morgan fingerprint density at radius 2 is 1.91 bits per heavy atom. The van der Waals surface area contributed by atoms with Gasteiger partial charge in [0, 0.05) is 35.8 Å². The molecule has 0 atom stereocenters. The minimum Gasteiger partial charge on any atom is -0.496 e. The molecule has 9 heteroatoms. The number of ether oxygens (including phenoxy) is 2. The summed E-state index contributed by atoms with van der Waals surface area (Å²) in [5, 5.41) is 9.46. The van der Waals surface area contributed by atoms with Crippen LogP contribution in [0.15, 0.2) is 42.6 Å². The summed E-state index contributed by atoms with van der Waals surface area (Å²) in [4.78, 5) is 29.0. The highest BCUT2D eigenvalue weighted by molar-refractivity contribution is 6.33. The van der Waals surface area contributed by atoms with Gasteiger partial charge in [-0.1, -0.05) is 11.6 Å². The first-order valence-corrected chi connectivity index (χ1v) is 11.0. The highest BCUT2D eigenvalue weighted by Gasteiger charge is 2.23. The van der Waals surface area contributed by atoms with E-state index < -0.39 is 0 Å². The monoisotopic (exact) mass is 468 g/mol. The highest BCUT2D eigenvalue weighted by Crippen LogP contribution is 2.35. The zero-order valence-corrected chi connectivity index (χ0v) is 19.3. The van der Waals surface area contributed by atoms with E-state index in [-0.39, 0.29) is 24.0 Å². The molecule has 3 N–H and O–H groups in total. The van der Waals surface area contributed by atoms with Crippen molar-refractivity contribution >= 4 is 40.1 Å². The lowest BCUT2D eigenvalue weighted by atomic mass is 10.1. The summed E-state index contributed by atoms with van der Waals surface area (Å²) in [5.74, 6) is 1.16. The van der Waals surface area contributed by atoms with Crippen LogP contribution in [-0.4, -0.2) is 36.1 Å². The fraction of sp³-hybridized carbons (Fsp3) is 0.292. The van der Waals surface area contributed by atoms with Crippen LogP contribution in [0.4, 0.5) is 10.5 Å². The number of urea groups is 1. The first-order chi connectivity index (χ1) is 15.8. The first kappa shape index (κ1) is 22.7. The van der Waals surface area contributed by atoms with E-state index in [0.29, 0.717) is 44.4 Å². The average molecular weight is 469 g/mol. The molecule has 1 aliphatic carbocycles. The van der Waals surface area contributed by atoms with Crippen LogP contribution in [0, 0.1) is 0 Å². The molecule has 0 spiro atoms. The van der Waals surface area contributed by atoms with Crippen molar-refractivity contribution in [1.29, 1.82) is 0 Å². The van der Waals surface area contributed by atoms with E-state index in [9.17, 15) is 9.59 Å². The van der Waals surface area contributed by atoms with Gasteiger partial charge in [-0.15, -0.1) is 0 Å². The Morgan fingerprint density at radius 3 is 2.58 bits per heavy atom. The molecular formula is C24H25ClN4O4. The van der Waals surface area contributed by atoms with E-state index in [0.717, 1.165) is 12.8 Å². The number of anilines is 1. The van der Waals surface area contributed by atoms with Gasteiger partial charge in [0.25, 0.3) is 5.91 Å². The molecule has 1 fully saturated rings. The molecule has 1 aromatic heterocycles. The number of halogens is 1. The van der Waals surface area contributed by atoms with Gasteiger partial charge in [0.15, 0.2) is 0 Å². The second kappa shape index (κ2) is 9.54. The fourth-order valence-corrected chi connectivity index (χ4v) is 3.50. The average Bonchev–Trinajstić information content (AvgIpc) is 3.58. The number of carbonyl (C=O) groups excluding carboxylic acids is 2. The van der Waals surface area contributed by atoms with E-state index in [1.54, 1.807) is 42.6 Å². The number of pyridine rings is 1. The Labute approximate surface area is 196 Å². The maximum atomic E-state index is 12.7. The number of nitrogens with zero attached hydrogens (tertiary/aromatic N) is 1. The number of nitrogens with one attached hydrogen (secondary N) is 3. The molecule has 0 saturated heterocycles. The Kier molecular flexibility index (Phi) is 6.55. The third-order valence-corrected chi connectivity index (χ3v) is 5.33. The smallest absolute Gasteiger partial charge is 0.319 e. The number of methoxy groups -OCH3 is 1. The zero-order chi connectivity index (χ0) is 23.5. The molecule has 0 aliphatic heterocycles. The van der Waals surface area contributed by atoms with Crippen molar-refractivity contribution in [1.82, 2.24) is 15.6 Å². The van der Waals surface area contributed by atoms with Crippen LogP contribution in [-0.2, 0) is 0 Å². The number of hydrogen-bond donors (Lipinski definition) is 3. The van der Waals surface area contributed by atoms with Gasteiger partial charge in [-0.05, 0) is 51.0 Å². The van der Waals surface area contributed by atoms with Gasteiger partial charge in [-0.3, -0.25) is 9.78 Å². The minimum absolute atomic E-state index is 0.0249. The van der Waals surface area contributed by atoms with Crippen molar-refractivity contribution in [2.24, 2.45) is 0 Å². The number of amides is 3. The molecule has 1 heterocycles. The maximum absolute atomic E-state index is 12.7. The van der Waals surface area contributed by atoms with Gasteiger partial charge >= 0.3 is 6.03 Å². The Bertz CT molecular complexity index is 1210. The number of hydrogen-bond acceptors (Lipinski definition) is 5. The van der Waals surface area contributed by atoms with E-state index in [2.05, 4.69) is 20.9 Å². The Morgan fingerprint density at radius 1 is 1.12 bits per heavy atom. The molecule has 3 aromatic rings. The summed E-state index contributed by atoms with van der Waals surface area (Å²) in [5.41, 5.74) is 1.49. The molecule has 4 rings (SSSR count). The maximum Gasteiger partial charge on any atom is 0.319 e. The predicted molar refractivity (Wildman–Crippen MR) is 128 cm³/mol. The van der Waals surface area contributed by atoms with Crippen molar-refractivity contribution in [3.63, 3.8) is 0 Å². The van der Waals surface area contributed by atoms with Gasteiger partial charge in [0.1, 0.15) is 17.2 Å². The van der Waals surface area contributed by atoms with Crippen LogP contribution >= 0.6 is 11.6 Å². The molecule has 1 saturated carbocycles. The number of rotatable bonds is 7. The summed E-state index contributed by atoms with van der Waals surface area (Å²) < 4.78 is 11.5. The van der Waals surface area contributed by atoms with Crippen LogP contribution < -0.4 is 25.4 Å². The Balaban J connectivity index is 1.60. The molecule has 3 amide bonds. The number of fused-ring (bicyclic) bond motifs is 1. The molecule has 0 radical (unpaired) electrons. The Hall–Kier alpha value is -3.52. The zero-order valence-electron chi connectivity index (χ0n) is 18.6. The van der Waals surface area contributed by atoms with Crippen molar-refractivity contribution < 1.29 is 19.1 Å². The second-order valence-corrected chi connectivity index (χ2v) is 8.53. The van der Waals surface area contributed by atoms with Crippen molar-refractivity contribution in [2.45, 2.75) is 38.8 Å². The quantitative estimate of drug-likeness (QED) is 0.447. The third kappa shape index (κ3) is 5.46. The number of benzene rings is 2. The fourth-order valence-electron chi connectivity index (χ4n) is 3.28. The standard InChI is InChI=1S/C24H25ClN4O4/c1-13(2)27-23(30)17-11-16-20(12-22(17)32-3)26-9-8-21(16)33-15-6-7-19(18(25)10-15)29-24(31)28-14-4-5-14/h6-14H,4-5H2,1-3H3,(H,27,30)(H2,28,29,31). The van der Waals surface area contributed by atoms with E-state index in [4.69, 9.17) is 21.1 Å². The van der Waals surface area contributed by atoms with Gasteiger partial charge in [0.2, 0.25) is 0 Å². The summed E-state index contributed by atoms with van der Waals surface area (Å²) in [6.45, 7) is 3.78. The van der Waals surface area contributed by atoms with Gasteiger partial charge < -0.3 is 25.4 Å². The van der Waals surface area contributed by atoms with E-state index in [1.807, 2.05) is 13.8 Å². The van der Waals surface area contributed by atoms with Crippen molar-refractivity contribution in [3.8, 4) is 17.2 Å². The largest absolute Gasteiger partial charge is 0.496 e. The normalized spacial score (nSPS) is 13.0. The number of aromatic nitrogens is 1. The molecule has 0 unspecified atom stereocenters. The topological polar surface area (TPSA) is 102 Å². The molecule has 0 bridgehead atoms. The van der Waals surface area contributed by atoms with Crippen LogP contribution in [0.25, 0.3) is 10.9 Å². The molecule has 33 heavy (non-hydrogen) atoms. The van der Waals surface area contributed by atoms with Crippen LogP contribution in [0.5, 0.6) is 17.2 Å². The van der Waals surface area contributed by atoms with E-state index in [1.165, 1.54) is 7.11 Å². The minimum atomic E-state index is -0.283. The summed E-state index contributed by atoms with van der Waals surface area (Å²) in [6, 6.07) is 10.1. The third-order valence-electron chi connectivity index (χ3n) is 5.02. The molecular weight excluding hydrogens is 444 g/mol. The van der Waals surface area contributed by atoms with Crippen molar-refractivity contribution in [2.75, 3.05) is 12.4 Å². The summed E-state index contributed by atoms with van der Waals surface area (Å²) in [7, 11) is 1.51. The molecule has 2 aromatic carbocycles. The summed E-state index contributed by atoms with van der Waals surface area (Å²) >= 11 is 6.36. The molecule has 8 nitrogen and oxygen atoms in total. The summed E-state index contributed by atoms with van der Waals surface area (Å²) in [6.07, 6.45) is 3.62. The lowest BCUT2D eigenvalue weighted by Crippen LogP contribution is -2.30. The second-order valence-electron chi connectivity index (χ2n) is 8.12. The SMILES string of the molecule is COc1cc2nccc(Oc3ccc(NC(=O)NC4CC4)c(Cl)c3)c2cc1C(=O)NC(C)C. The van der Waals surface area contributed by atoms with Gasteiger partial charge in [0.05, 0.1) is 28.9 Å². The highest BCUT2D eigenvalue weighted by atomic mass is 35.5. The predicted octanol–water partition coefficient (Wildman–Crippen LogP) is 5.11. The lowest BCUT2D eigenvalue weighted by Gasteiger charge is -2.15. The van der Waals surface area contributed by atoms with Gasteiger partial charge in [-0.25, -0.2) is 4.79 Å². The molecule has 172 valence electrons. The van der Waals surface area contributed by atoms with Crippen LogP contribution in [0.3, 0.4) is 0 Å². The van der Waals surface area contributed by atoms with E-state index >= 15 is 0 Å². The molecule has 1 aliphatic rings. The van der Waals surface area contributed by atoms with Crippen LogP contribution in [0.2, 0.25) is 5.02 Å². The van der Waals surface area contributed by atoms with Crippen LogP contribution in [0.1, 0.15) is 37.0 Å². The first-order valence-electron chi connectivity index (χ1n) is 10.7. The van der Waals surface area contributed by atoms with Gasteiger partial charge in [-0.2, -0.15) is 0 Å².